The molecule has 0 fully saturated rings. The fourth-order valence-corrected chi connectivity index (χ4v) is 1.67. The summed E-state index contributed by atoms with van der Waals surface area (Å²) in [5.41, 5.74) is -0.129. The van der Waals surface area contributed by atoms with Crippen LogP contribution in [0.5, 0.6) is 5.75 Å². The van der Waals surface area contributed by atoms with Crippen molar-refractivity contribution in [1.82, 2.24) is 0 Å². The van der Waals surface area contributed by atoms with Gasteiger partial charge >= 0.3 is 0 Å². The number of nitriles is 1. The third kappa shape index (κ3) is 3.67. The monoisotopic (exact) mass is 300 g/mol. The number of benzene rings is 2. The Morgan fingerprint density at radius 1 is 1.18 bits per heavy atom. The van der Waals surface area contributed by atoms with Gasteiger partial charge < -0.3 is 10.4 Å². The van der Waals surface area contributed by atoms with Gasteiger partial charge in [-0.05, 0) is 35.9 Å². The van der Waals surface area contributed by atoms with Gasteiger partial charge in [-0.1, -0.05) is 12.1 Å². The molecule has 2 aromatic rings. The van der Waals surface area contributed by atoms with Gasteiger partial charge in [-0.15, -0.1) is 0 Å². The third-order valence-corrected chi connectivity index (χ3v) is 2.75. The summed E-state index contributed by atoms with van der Waals surface area (Å²) < 4.78 is 26.5. The van der Waals surface area contributed by atoms with Gasteiger partial charge in [0, 0.05) is 6.07 Å². The van der Waals surface area contributed by atoms with E-state index >= 15 is 0 Å². The minimum Gasteiger partial charge on any atom is -0.508 e. The topological polar surface area (TPSA) is 73.1 Å². The summed E-state index contributed by atoms with van der Waals surface area (Å²) in [7, 11) is 0. The number of phenols is 1. The van der Waals surface area contributed by atoms with Crippen molar-refractivity contribution in [3.05, 3.63) is 65.2 Å². The van der Waals surface area contributed by atoms with E-state index in [9.17, 15) is 13.6 Å². The lowest BCUT2D eigenvalue weighted by Gasteiger charge is -2.05. The smallest absolute Gasteiger partial charge is 0.266 e. The van der Waals surface area contributed by atoms with Crippen molar-refractivity contribution in [1.29, 1.82) is 5.26 Å². The molecule has 0 atom stereocenters. The standard InChI is InChI=1S/C16H10F2N2O2/c17-12-3-6-14(18)15(8-12)20-16(22)11(9-19)7-10-1-4-13(21)5-2-10/h1-8,21H,(H,20,22)/b11-7+. The fourth-order valence-electron chi connectivity index (χ4n) is 1.67. The number of hydrogen-bond donors (Lipinski definition) is 2. The number of hydrogen-bond acceptors (Lipinski definition) is 3. The quantitative estimate of drug-likeness (QED) is 0.675. The van der Waals surface area contributed by atoms with E-state index in [2.05, 4.69) is 5.32 Å². The number of rotatable bonds is 3. The number of nitrogens with zero attached hydrogens (tertiary/aromatic N) is 1. The van der Waals surface area contributed by atoms with E-state index in [1.165, 1.54) is 30.3 Å². The second-order valence-electron chi connectivity index (χ2n) is 4.34. The zero-order chi connectivity index (χ0) is 16.1. The number of anilines is 1. The maximum absolute atomic E-state index is 13.5. The molecule has 0 unspecified atom stereocenters. The first-order chi connectivity index (χ1) is 10.5. The van der Waals surface area contributed by atoms with E-state index in [0.717, 1.165) is 18.2 Å². The summed E-state index contributed by atoms with van der Waals surface area (Å²) in [6.45, 7) is 0. The highest BCUT2D eigenvalue weighted by Gasteiger charge is 2.12. The Kier molecular flexibility index (Phi) is 4.49. The van der Waals surface area contributed by atoms with Gasteiger partial charge in [-0.3, -0.25) is 4.79 Å². The zero-order valence-electron chi connectivity index (χ0n) is 11.2. The Morgan fingerprint density at radius 2 is 1.86 bits per heavy atom. The average molecular weight is 300 g/mol. The van der Waals surface area contributed by atoms with Crippen LogP contribution in [0.4, 0.5) is 14.5 Å². The Balaban J connectivity index is 2.24. The van der Waals surface area contributed by atoms with Gasteiger partial charge in [0.05, 0.1) is 5.69 Å². The summed E-state index contributed by atoms with van der Waals surface area (Å²) in [6, 6.07) is 10.1. The lowest BCUT2D eigenvalue weighted by Crippen LogP contribution is -2.14. The van der Waals surface area contributed by atoms with Crippen LogP contribution in [0, 0.1) is 23.0 Å². The molecule has 0 aromatic heterocycles. The van der Waals surface area contributed by atoms with Crippen LogP contribution in [0.2, 0.25) is 0 Å². The lowest BCUT2D eigenvalue weighted by molar-refractivity contribution is -0.112. The number of aromatic hydroxyl groups is 1. The molecular formula is C16H10F2N2O2. The predicted octanol–water partition coefficient (Wildman–Crippen LogP) is 3.22. The number of phenolic OH excluding ortho intramolecular Hbond substituents is 1. The minimum absolute atomic E-state index is 0.0435. The minimum atomic E-state index is -0.861. The molecule has 2 rings (SSSR count). The molecular weight excluding hydrogens is 290 g/mol. The fraction of sp³-hybridized carbons (Fsp3) is 0. The normalized spacial score (nSPS) is 10.9. The summed E-state index contributed by atoms with van der Waals surface area (Å²) >= 11 is 0. The first kappa shape index (κ1) is 15.2. The first-order valence-corrected chi connectivity index (χ1v) is 6.17. The Morgan fingerprint density at radius 3 is 2.50 bits per heavy atom. The van der Waals surface area contributed by atoms with Crippen molar-refractivity contribution in [3.8, 4) is 11.8 Å². The van der Waals surface area contributed by atoms with Crippen LogP contribution in [0.1, 0.15) is 5.56 Å². The van der Waals surface area contributed by atoms with E-state index in [4.69, 9.17) is 10.4 Å². The lowest BCUT2D eigenvalue weighted by atomic mass is 10.1. The maximum Gasteiger partial charge on any atom is 0.266 e. The van der Waals surface area contributed by atoms with Crippen LogP contribution >= 0.6 is 0 Å². The van der Waals surface area contributed by atoms with Crippen LogP contribution < -0.4 is 5.32 Å². The van der Waals surface area contributed by atoms with Crippen LogP contribution in [-0.2, 0) is 4.79 Å². The number of nitrogens with one attached hydrogen (secondary N) is 1. The highest BCUT2D eigenvalue weighted by Crippen LogP contribution is 2.17. The zero-order valence-corrected chi connectivity index (χ0v) is 11.2. The maximum atomic E-state index is 13.5. The first-order valence-electron chi connectivity index (χ1n) is 6.17. The van der Waals surface area contributed by atoms with Crippen LogP contribution in [0.25, 0.3) is 6.08 Å². The summed E-state index contributed by atoms with van der Waals surface area (Å²) in [5.74, 6) is -2.34. The molecule has 0 saturated heterocycles. The molecule has 0 bridgehead atoms. The molecule has 2 N–H and O–H groups in total. The van der Waals surface area contributed by atoms with Crippen molar-refractivity contribution in [3.63, 3.8) is 0 Å². The van der Waals surface area contributed by atoms with E-state index in [-0.39, 0.29) is 17.0 Å². The third-order valence-electron chi connectivity index (χ3n) is 2.75. The molecule has 0 radical (unpaired) electrons. The second kappa shape index (κ2) is 6.50. The molecule has 0 spiro atoms. The van der Waals surface area contributed by atoms with E-state index in [0.29, 0.717) is 5.56 Å². The summed E-state index contributed by atoms with van der Waals surface area (Å²) in [4.78, 5) is 11.9. The van der Waals surface area contributed by atoms with E-state index in [1.54, 1.807) is 6.07 Å². The van der Waals surface area contributed by atoms with Crippen molar-refractivity contribution < 1.29 is 18.7 Å². The van der Waals surface area contributed by atoms with Crippen molar-refractivity contribution in [2.75, 3.05) is 5.32 Å². The number of carbonyl (C=O) groups excluding carboxylic acids is 1. The van der Waals surface area contributed by atoms with Crippen LogP contribution in [0.3, 0.4) is 0 Å². The molecule has 1 amide bonds. The Labute approximate surface area is 124 Å². The molecule has 2 aromatic carbocycles. The van der Waals surface area contributed by atoms with Gasteiger partial charge in [0.2, 0.25) is 0 Å². The van der Waals surface area contributed by atoms with E-state index in [1.807, 2.05) is 0 Å². The van der Waals surface area contributed by atoms with Gasteiger partial charge in [0.15, 0.2) is 0 Å². The highest BCUT2D eigenvalue weighted by molar-refractivity contribution is 6.09. The Hall–Kier alpha value is -3.20. The average Bonchev–Trinajstić information content (AvgIpc) is 2.50. The molecule has 0 aliphatic heterocycles. The number of amides is 1. The second-order valence-corrected chi connectivity index (χ2v) is 4.34. The molecule has 0 aliphatic rings. The van der Waals surface area contributed by atoms with Gasteiger partial charge in [0.1, 0.15) is 29.0 Å². The summed E-state index contributed by atoms with van der Waals surface area (Å²) in [5, 5.41) is 20.3. The van der Waals surface area contributed by atoms with Crippen LogP contribution in [-0.4, -0.2) is 11.0 Å². The molecule has 110 valence electrons. The number of halogens is 2. The predicted molar refractivity (Wildman–Crippen MR) is 76.7 cm³/mol. The molecule has 0 heterocycles. The molecule has 0 aliphatic carbocycles. The largest absolute Gasteiger partial charge is 0.508 e. The molecule has 0 saturated carbocycles. The summed E-state index contributed by atoms with van der Waals surface area (Å²) in [6.07, 6.45) is 1.27. The molecule has 4 nitrogen and oxygen atoms in total. The van der Waals surface area contributed by atoms with Crippen molar-refractivity contribution in [2.24, 2.45) is 0 Å². The SMILES string of the molecule is N#C/C(=C\c1ccc(O)cc1)C(=O)Nc1cc(F)ccc1F. The van der Waals surface area contributed by atoms with Crippen molar-refractivity contribution >= 4 is 17.7 Å². The Bertz CT molecular complexity index is 778. The number of carbonyl (C=O) groups is 1. The van der Waals surface area contributed by atoms with Gasteiger partial charge in [-0.25, -0.2) is 8.78 Å². The molecule has 22 heavy (non-hydrogen) atoms. The highest BCUT2D eigenvalue weighted by atomic mass is 19.1. The van der Waals surface area contributed by atoms with Gasteiger partial charge in [-0.2, -0.15) is 5.26 Å². The van der Waals surface area contributed by atoms with E-state index < -0.39 is 17.5 Å². The molecule has 6 heteroatoms. The van der Waals surface area contributed by atoms with Gasteiger partial charge in [0.25, 0.3) is 5.91 Å². The van der Waals surface area contributed by atoms with Crippen molar-refractivity contribution in [2.45, 2.75) is 0 Å². The van der Waals surface area contributed by atoms with Crippen LogP contribution in [0.15, 0.2) is 48.0 Å².